The van der Waals surface area contributed by atoms with Crippen molar-refractivity contribution in [2.75, 3.05) is 6.54 Å². The van der Waals surface area contributed by atoms with E-state index in [1.54, 1.807) is 22.3 Å². The molecular formula is C18H29N. The molecule has 1 aromatic rings. The van der Waals surface area contributed by atoms with Gasteiger partial charge in [0, 0.05) is 6.04 Å². The van der Waals surface area contributed by atoms with Crippen molar-refractivity contribution in [1.82, 2.24) is 5.32 Å². The normalized spacial score (nSPS) is 22.9. The molecule has 2 rings (SSSR count). The molecular weight excluding hydrogens is 230 g/mol. The zero-order chi connectivity index (χ0) is 13.8. The van der Waals surface area contributed by atoms with Crippen molar-refractivity contribution in [1.29, 1.82) is 0 Å². The van der Waals surface area contributed by atoms with Crippen molar-refractivity contribution in [2.24, 2.45) is 5.92 Å². The minimum Gasteiger partial charge on any atom is -0.310 e. The minimum absolute atomic E-state index is 0.568. The van der Waals surface area contributed by atoms with Gasteiger partial charge in [-0.25, -0.2) is 0 Å². The zero-order valence-corrected chi connectivity index (χ0v) is 13.1. The number of benzene rings is 1. The van der Waals surface area contributed by atoms with Gasteiger partial charge in [0.05, 0.1) is 0 Å². The highest BCUT2D eigenvalue weighted by Gasteiger charge is 2.25. The first kappa shape index (κ1) is 14.6. The molecule has 0 saturated heterocycles. The van der Waals surface area contributed by atoms with Crippen LogP contribution in [0, 0.1) is 5.92 Å². The standard InChI is InChI=1S/C18H29N/c1-5-14-9-10-15(6-2)18-16(14)11-8-13(4)12-17(18)19-7-3/h9-10,13,17,19H,5-8,11-12H2,1-4H3. The molecule has 1 heteroatoms. The van der Waals surface area contributed by atoms with Crippen LogP contribution in [0.5, 0.6) is 0 Å². The minimum atomic E-state index is 0.568. The Hall–Kier alpha value is -0.820. The Morgan fingerprint density at radius 3 is 2.42 bits per heavy atom. The average molecular weight is 259 g/mol. The molecule has 0 aliphatic heterocycles. The van der Waals surface area contributed by atoms with E-state index < -0.39 is 0 Å². The van der Waals surface area contributed by atoms with Crippen LogP contribution in [0.2, 0.25) is 0 Å². The fraction of sp³-hybridized carbons (Fsp3) is 0.667. The summed E-state index contributed by atoms with van der Waals surface area (Å²) in [5.74, 6) is 0.825. The first-order valence-corrected chi connectivity index (χ1v) is 8.08. The van der Waals surface area contributed by atoms with Gasteiger partial charge in [0.2, 0.25) is 0 Å². The van der Waals surface area contributed by atoms with Crippen LogP contribution in [0.25, 0.3) is 0 Å². The molecule has 0 saturated carbocycles. The predicted molar refractivity (Wildman–Crippen MR) is 83.7 cm³/mol. The summed E-state index contributed by atoms with van der Waals surface area (Å²) in [6.07, 6.45) is 6.23. The molecule has 1 N–H and O–H groups in total. The van der Waals surface area contributed by atoms with Crippen LogP contribution in [0.1, 0.15) is 68.8 Å². The van der Waals surface area contributed by atoms with Crippen molar-refractivity contribution >= 4 is 0 Å². The fourth-order valence-corrected chi connectivity index (χ4v) is 3.59. The number of hydrogen-bond acceptors (Lipinski definition) is 1. The summed E-state index contributed by atoms with van der Waals surface area (Å²) < 4.78 is 0. The van der Waals surface area contributed by atoms with Crippen LogP contribution >= 0.6 is 0 Å². The van der Waals surface area contributed by atoms with Crippen molar-refractivity contribution in [2.45, 2.75) is 65.8 Å². The van der Waals surface area contributed by atoms with E-state index >= 15 is 0 Å². The van der Waals surface area contributed by atoms with Gasteiger partial charge in [-0.1, -0.05) is 39.8 Å². The van der Waals surface area contributed by atoms with Gasteiger partial charge in [-0.05, 0) is 66.8 Å². The topological polar surface area (TPSA) is 12.0 Å². The molecule has 0 fully saturated rings. The largest absolute Gasteiger partial charge is 0.310 e. The van der Waals surface area contributed by atoms with Crippen molar-refractivity contribution in [3.05, 3.63) is 34.4 Å². The Morgan fingerprint density at radius 1 is 1.11 bits per heavy atom. The van der Waals surface area contributed by atoms with Gasteiger partial charge in [0.15, 0.2) is 0 Å². The van der Waals surface area contributed by atoms with Crippen LogP contribution in [0.15, 0.2) is 12.1 Å². The van der Waals surface area contributed by atoms with E-state index in [-0.39, 0.29) is 0 Å². The number of hydrogen-bond donors (Lipinski definition) is 1. The van der Waals surface area contributed by atoms with Crippen LogP contribution in [-0.4, -0.2) is 6.54 Å². The van der Waals surface area contributed by atoms with Crippen molar-refractivity contribution in [3.8, 4) is 0 Å². The Balaban J connectivity index is 2.52. The third-order valence-electron chi connectivity index (χ3n) is 4.63. The van der Waals surface area contributed by atoms with Crippen LogP contribution in [-0.2, 0) is 19.3 Å². The summed E-state index contributed by atoms with van der Waals surface area (Å²) in [6, 6.07) is 5.31. The van der Waals surface area contributed by atoms with E-state index in [0.717, 1.165) is 18.9 Å². The van der Waals surface area contributed by atoms with Gasteiger partial charge >= 0.3 is 0 Å². The third-order valence-corrected chi connectivity index (χ3v) is 4.63. The molecule has 0 bridgehead atoms. The van der Waals surface area contributed by atoms with Crippen LogP contribution in [0.3, 0.4) is 0 Å². The molecule has 0 amide bonds. The molecule has 1 aliphatic carbocycles. The third kappa shape index (κ3) is 3.02. The van der Waals surface area contributed by atoms with Crippen LogP contribution < -0.4 is 5.32 Å². The second-order valence-corrected chi connectivity index (χ2v) is 5.97. The quantitative estimate of drug-likeness (QED) is 0.789. The summed E-state index contributed by atoms with van der Waals surface area (Å²) in [5, 5.41) is 3.74. The SMILES string of the molecule is CCNC1CC(C)CCc2c(CC)ccc(CC)c21. The lowest BCUT2D eigenvalue weighted by Crippen LogP contribution is -2.24. The van der Waals surface area contributed by atoms with Gasteiger partial charge in [0.1, 0.15) is 0 Å². The molecule has 0 radical (unpaired) electrons. The summed E-state index contributed by atoms with van der Waals surface area (Å²) >= 11 is 0. The number of rotatable bonds is 4. The lowest BCUT2D eigenvalue weighted by Gasteiger charge is -2.24. The molecule has 2 unspecified atom stereocenters. The van der Waals surface area contributed by atoms with Gasteiger partial charge in [-0.3, -0.25) is 0 Å². The highest BCUT2D eigenvalue weighted by atomic mass is 14.9. The average Bonchev–Trinajstić information content (AvgIpc) is 2.58. The summed E-state index contributed by atoms with van der Waals surface area (Å²) in [6.45, 7) is 10.3. The summed E-state index contributed by atoms with van der Waals surface area (Å²) in [5.41, 5.74) is 6.45. The molecule has 0 aromatic heterocycles. The van der Waals surface area contributed by atoms with Crippen LogP contribution in [0.4, 0.5) is 0 Å². The van der Waals surface area contributed by atoms with Crippen molar-refractivity contribution in [3.63, 3.8) is 0 Å². The lowest BCUT2D eigenvalue weighted by molar-refractivity contribution is 0.413. The number of fused-ring (bicyclic) bond motifs is 1. The maximum atomic E-state index is 3.74. The van der Waals surface area contributed by atoms with Gasteiger partial charge in [-0.2, -0.15) is 0 Å². The first-order valence-electron chi connectivity index (χ1n) is 8.08. The van der Waals surface area contributed by atoms with E-state index in [9.17, 15) is 0 Å². The van der Waals surface area contributed by atoms with Crippen molar-refractivity contribution < 1.29 is 0 Å². The summed E-state index contributed by atoms with van der Waals surface area (Å²) in [4.78, 5) is 0. The Labute approximate surface area is 118 Å². The fourth-order valence-electron chi connectivity index (χ4n) is 3.59. The molecule has 19 heavy (non-hydrogen) atoms. The maximum absolute atomic E-state index is 3.74. The van der Waals surface area contributed by atoms with E-state index in [0.29, 0.717) is 6.04 Å². The summed E-state index contributed by atoms with van der Waals surface area (Å²) in [7, 11) is 0. The first-order chi connectivity index (χ1) is 9.21. The van der Waals surface area contributed by atoms with Gasteiger partial charge in [-0.15, -0.1) is 0 Å². The van der Waals surface area contributed by atoms with E-state index in [1.807, 2.05) is 0 Å². The molecule has 0 spiro atoms. The molecule has 1 aromatic carbocycles. The Bertz CT molecular complexity index is 422. The maximum Gasteiger partial charge on any atom is 0.0328 e. The van der Waals surface area contributed by atoms with Gasteiger partial charge < -0.3 is 5.32 Å². The molecule has 0 heterocycles. The second kappa shape index (κ2) is 6.56. The Kier molecular flexibility index (Phi) is 5.04. The van der Waals surface area contributed by atoms with E-state index in [1.165, 1.54) is 25.7 Å². The number of aryl methyl sites for hydroxylation is 2. The smallest absolute Gasteiger partial charge is 0.0328 e. The molecule has 1 nitrogen and oxygen atoms in total. The van der Waals surface area contributed by atoms with Gasteiger partial charge in [0.25, 0.3) is 0 Å². The zero-order valence-electron chi connectivity index (χ0n) is 13.1. The predicted octanol–water partition coefficient (Wildman–Crippen LogP) is 4.43. The second-order valence-electron chi connectivity index (χ2n) is 5.97. The van der Waals surface area contributed by atoms with E-state index in [2.05, 4.69) is 45.1 Å². The highest BCUT2D eigenvalue weighted by Crippen LogP contribution is 2.36. The lowest BCUT2D eigenvalue weighted by atomic mass is 9.88. The van der Waals surface area contributed by atoms with E-state index in [4.69, 9.17) is 0 Å². The number of nitrogens with one attached hydrogen (secondary N) is 1. The molecule has 1 aliphatic rings. The highest BCUT2D eigenvalue weighted by molar-refractivity contribution is 5.44. The monoisotopic (exact) mass is 259 g/mol. The molecule has 106 valence electrons. The Morgan fingerprint density at radius 2 is 1.79 bits per heavy atom. The molecule has 2 atom stereocenters.